The molecule has 3 rings (SSSR count). The summed E-state index contributed by atoms with van der Waals surface area (Å²) in [5.41, 5.74) is 4.57. The zero-order valence-corrected chi connectivity index (χ0v) is 27.2. The van der Waals surface area contributed by atoms with E-state index in [4.69, 9.17) is 0 Å². The van der Waals surface area contributed by atoms with Crippen molar-refractivity contribution in [1.29, 1.82) is 0 Å². The van der Waals surface area contributed by atoms with Crippen LogP contribution >= 0.6 is 0 Å². The maximum Gasteiger partial charge on any atom is 0.0868 e. The van der Waals surface area contributed by atoms with Crippen molar-refractivity contribution in [2.45, 2.75) is 93.0 Å². The van der Waals surface area contributed by atoms with E-state index in [2.05, 4.69) is 130 Å². The summed E-state index contributed by atoms with van der Waals surface area (Å²) >= 11 is 0. The lowest BCUT2D eigenvalue weighted by Gasteiger charge is -2.38. The van der Waals surface area contributed by atoms with Crippen LogP contribution in [0.2, 0.25) is 0 Å². The summed E-state index contributed by atoms with van der Waals surface area (Å²) in [5, 5.41) is 6.81. The Morgan fingerprint density at radius 2 is 1.57 bits per heavy atom. The summed E-state index contributed by atoms with van der Waals surface area (Å²) in [7, 11) is 0. The highest BCUT2D eigenvalue weighted by atomic mass is 15.0. The highest BCUT2D eigenvalue weighted by Gasteiger charge is 2.35. The number of benzene rings is 2. The van der Waals surface area contributed by atoms with Crippen molar-refractivity contribution < 1.29 is 0 Å². The summed E-state index contributed by atoms with van der Waals surface area (Å²) in [6.07, 6.45) is 19.6. The first kappa shape index (κ1) is 42.9. The van der Waals surface area contributed by atoms with Gasteiger partial charge in [-0.3, -0.25) is 0 Å². The molecule has 0 bridgehead atoms. The normalized spacial score (nSPS) is 13.5. The van der Waals surface area contributed by atoms with Gasteiger partial charge in [0.05, 0.1) is 5.54 Å². The average Bonchev–Trinajstić information content (AvgIpc) is 3.07. The van der Waals surface area contributed by atoms with Crippen LogP contribution in [0, 0.1) is 5.92 Å². The third-order valence-corrected chi connectivity index (χ3v) is 6.53. The van der Waals surface area contributed by atoms with Crippen LogP contribution in [0.5, 0.6) is 0 Å². The van der Waals surface area contributed by atoms with E-state index in [1.165, 1.54) is 42.4 Å². The Bertz CT molecular complexity index is 986. The lowest BCUT2D eigenvalue weighted by atomic mass is 9.75. The molecule has 0 aromatic heterocycles. The molecule has 2 nitrogen and oxygen atoms in total. The molecule has 42 heavy (non-hydrogen) atoms. The van der Waals surface area contributed by atoms with E-state index in [-0.39, 0.29) is 13.0 Å². The number of unbranched alkanes of at least 4 members (excludes halogenated alkanes) is 3. The highest BCUT2D eigenvalue weighted by molar-refractivity contribution is 5.62. The first-order chi connectivity index (χ1) is 20.1. The van der Waals surface area contributed by atoms with Crippen molar-refractivity contribution in [1.82, 2.24) is 10.6 Å². The zero-order valence-electron chi connectivity index (χ0n) is 27.2. The first-order valence-electron chi connectivity index (χ1n) is 15.5. The van der Waals surface area contributed by atoms with Gasteiger partial charge in [-0.2, -0.15) is 0 Å². The SMILES string of the molecule is C.C=C.C=C(NCCCCCC)c1cccc(CC)c1.C=CNC(C=C)(c1ccccc1)C1C=CC=CC1.CC.CC. The number of nitrogens with one attached hydrogen (secondary N) is 2. The van der Waals surface area contributed by atoms with Crippen LogP contribution in [0.1, 0.15) is 97.8 Å². The molecule has 2 heteroatoms. The van der Waals surface area contributed by atoms with Crippen LogP contribution in [0.25, 0.3) is 5.70 Å². The number of rotatable bonds is 13. The monoisotopic (exact) mass is 573 g/mol. The minimum Gasteiger partial charge on any atom is -0.385 e. The molecule has 234 valence electrons. The molecule has 0 spiro atoms. The van der Waals surface area contributed by atoms with Gasteiger partial charge >= 0.3 is 0 Å². The van der Waals surface area contributed by atoms with Gasteiger partial charge in [-0.1, -0.05) is 160 Å². The Balaban J connectivity index is -0.000000603. The molecule has 0 amide bonds. The predicted molar refractivity (Wildman–Crippen MR) is 196 cm³/mol. The number of allylic oxidation sites excluding steroid dienone is 3. The van der Waals surface area contributed by atoms with Gasteiger partial charge in [-0.05, 0) is 48.2 Å². The van der Waals surface area contributed by atoms with Crippen molar-refractivity contribution in [3.63, 3.8) is 0 Å². The van der Waals surface area contributed by atoms with Crippen LogP contribution in [-0.4, -0.2) is 6.54 Å². The van der Waals surface area contributed by atoms with Crippen molar-refractivity contribution >= 4 is 5.70 Å². The topological polar surface area (TPSA) is 24.1 Å². The fraction of sp³-hybridized carbons (Fsp3) is 0.400. The molecular weight excluding hydrogens is 508 g/mol. The quantitative estimate of drug-likeness (QED) is 0.184. The minimum absolute atomic E-state index is 0. The van der Waals surface area contributed by atoms with Gasteiger partial charge in [0.25, 0.3) is 0 Å². The maximum atomic E-state index is 4.11. The molecule has 2 atom stereocenters. The number of hydrogen-bond donors (Lipinski definition) is 2. The largest absolute Gasteiger partial charge is 0.385 e. The summed E-state index contributed by atoms with van der Waals surface area (Å²) < 4.78 is 0. The molecule has 2 aromatic rings. The van der Waals surface area contributed by atoms with Gasteiger partial charge in [-0.15, -0.1) is 19.7 Å². The summed E-state index contributed by atoms with van der Waals surface area (Å²) in [6, 6.07) is 19.0. The number of hydrogen-bond acceptors (Lipinski definition) is 2. The van der Waals surface area contributed by atoms with E-state index in [1.54, 1.807) is 6.20 Å². The Labute approximate surface area is 262 Å². The third kappa shape index (κ3) is 15.5. The molecule has 1 aliphatic carbocycles. The van der Waals surface area contributed by atoms with E-state index in [0.717, 1.165) is 25.1 Å². The second-order valence-corrected chi connectivity index (χ2v) is 8.96. The Morgan fingerprint density at radius 3 is 2.10 bits per heavy atom. The first-order valence-corrected chi connectivity index (χ1v) is 15.5. The zero-order chi connectivity index (χ0) is 31.4. The average molecular weight is 573 g/mol. The highest BCUT2D eigenvalue weighted by Crippen LogP contribution is 2.36. The molecule has 0 aliphatic heterocycles. The standard InChI is InChI=1S/C17H19N.C16H25N.2C2H6.C2H4.CH4/c1-3-17(18-4-2,15-11-7-5-8-12-15)16-13-9-6-10-14-16;1-4-6-7-8-12-17-14(3)16-11-9-10-15(5-2)13-16;3*1-2;/h3-13,16,18H,1-2,14H2;9-11,13,17H,3-8,12H2,1-2H3;2*1-2H3;1-2H2;1H4. The molecule has 0 fully saturated rings. The molecule has 2 aromatic carbocycles. The van der Waals surface area contributed by atoms with E-state index in [9.17, 15) is 0 Å². The van der Waals surface area contributed by atoms with E-state index < -0.39 is 0 Å². The third-order valence-electron chi connectivity index (χ3n) is 6.53. The van der Waals surface area contributed by atoms with Gasteiger partial charge < -0.3 is 10.6 Å². The van der Waals surface area contributed by atoms with Gasteiger partial charge in [0.1, 0.15) is 0 Å². The van der Waals surface area contributed by atoms with Crippen LogP contribution < -0.4 is 10.6 Å². The van der Waals surface area contributed by atoms with Crippen molar-refractivity contribution in [3.05, 3.63) is 141 Å². The Hall–Kier alpha value is -3.52. The minimum atomic E-state index is -0.287. The second kappa shape index (κ2) is 29.0. The predicted octanol–water partition coefficient (Wildman–Crippen LogP) is 11.8. The van der Waals surface area contributed by atoms with Crippen LogP contribution in [0.15, 0.2) is 124 Å². The number of aryl methyl sites for hydroxylation is 1. The lowest BCUT2D eigenvalue weighted by molar-refractivity contribution is 0.354. The molecule has 1 aliphatic rings. The van der Waals surface area contributed by atoms with Gasteiger partial charge in [-0.25, -0.2) is 0 Å². The molecule has 2 N–H and O–H groups in total. The molecule has 2 unspecified atom stereocenters. The van der Waals surface area contributed by atoms with Gasteiger partial charge in [0, 0.05) is 18.2 Å². The fourth-order valence-corrected chi connectivity index (χ4v) is 4.41. The van der Waals surface area contributed by atoms with Crippen LogP contribution in [0.3, 0.4) is 0 Å². The summed E-state index contributed by atoms with van der Waals surface area (Å²) in [6.45, 7) is 31.4. The van der Waals surface area contributed by atoms with Gasteiger partial charge in [0.15, 0.2) is 0 Å². The molecule has 0 saturated heterocycles. The lowest BCUT2D eigenvalue weighted by Crippen LogP contribution is -2.43. The smallest absolute Gasteiger partial charge is 0.0868 e. The van der Waals surface area contributed by atoms with Crippen molar-refractivity contribution in [2.24, 2.45) is 5.92 Å². The molecule has 0 saturated carbocycles. The molecule has 0 radical (unpaired) electrons. The van der Waals surface area contributed by atoms with Gasteiger partial charge in [0.2, 0.25) is 0 Å². The van der Waals surface area contributed by atoms with Crippen LogP contribution in [-0.2, 0) is 12.0 Å². The maximum absolute atomic E-state index is 4.11. The summed E-state index contributed by atoms with van der Waals surface area (Å²) in [5.74, 6) is 0.348. The molecular formula is C40H64N2. The Morgan fingerprint density at radius 1 is 0.905 bits per heavy atom. The Kier molecular flexibility index (Phi) is 29.6. The fourth-order valence-electron chi connectivity index (χ4n) is 4.41. The molecule has 0 heterocycles. The van der Waals surface area contributed by atoms with Crippen LogP contribution in [0.4, 0.5) is 0 Å². The van der Waals surface area contributed by atoms with E-state index >= 15 is 0 Å². The summed E-state index contributed by atoms with van der Waals surface area (Å²) in [4.78, 5) is 0. The van der Waals surface area contributed by atoms with Crippen molar-refractivity contribution in [3.8, 4) is 0 Å². The van der Waals surface area contributed by atoms with E-state index in [0.29, 0.717) is 5.92 Å². The van der Waals surface area contributed by atoms with E-state index in [1.807, 2.05) is 39.8 Å². The van der Waals surface area contributed by atoms with Crippen molar-refractivity contribution in [2.75, 3.05) is 6.54 Å². The second-order valence-electron chi connectivity index (χ2n) is 8.96.